The standard InChI is InChI=1S/C23H22ClN3O5S.C22H20ClN3O5S/c1-27(2)23(29)16-6-3-5-15(11-16)12-22(28)26-18-9-10-20(21(14-18)33(25,30)31)32-19-8-4-7-17(24)13-19;1-25-22(28)15-5-2-4-14(10-15)11-21(27)26-17-8-9-19(20(13-17)32(24,29)30)31-18-7-3-6-16(23)12-18/h3-11,13-14H,12H2,1-2H3,(H,26,28)(H2,25,30,31);2-10,12-13H,11H2,1H3,(H,25,28)(H,26,27)(H2,24,29,30). The van der Waals surface area contributed by atoms with Crippen LogP contribution in [0.4, 0.5) is 11.4 Å². The Kier molecular flexibility index (Phi) is 16.4. The van der Waals surface area contributed by atoms with Gasteiger partial charge in [0.25, 0.3) is 11.8 Å². The summed E-state index contributed by atoms with van der Waals surface area (Å²) in [7, 11) is -3.50. The fraction of sp³-hybridized carbons (Fsp3) is 0.111. The summed E-state index contributed by atoms with van der Waals surface area (Å²) in [6.07, 6.45) is -0.0314. The number of hydrogen-bond acceptors (Lipinski definition) is 10. The van der Waals surface area contributed by atoms with E-state index in [0.717, 1.165) is 0 Å². The molecule has 4 amide bonds. The zero-order chi connectivity index (χ0) is 47.5. The molecule has 0 unspecified atom stereocenters. The highest BCUT2D eigenvalue weighted by Crippen LogP contribution is 2.33. The monoisotopic (exact) mass is 960 g/mol. The molecule has 65 heavy (non-hydrogen) atoms. The van der Waals surface area contributed by atoms with E-state index in [1.165, 1.54) is 60.5 Å². The topological polar surface area (TPSA) is 246 Å². The highest BCUT2D eigenvalue weighted by Gasteiger charge is 2.20. The zero-order valence-corrected chi connectivity index (χ0v) is 38.0. The van der Waals surface area contributed by atoms with E-state index >= 15 is 0 Å². The Balaban J connectivity index is 0.000000244. The molecular formula is C45H42Cl2N6O10S2. The van der Waals surface area contributed by atoms with Crippen molar-refractivity contribution in [2.24, 2.45) is 10.3 Å². The van der Waals surface area contributed by atoms with Gasteiger partial charge in [0.1, 0.15) is 32.8 Å². The van der Waals surface area contributed by atoms with Crippen molar-refractivity contribution >= 4 is 78.3 Å². The molecule has 0 saturated carbocycles. The van der Waals surface area contributed by atoms with Crippen molar-refractivity contribution in [3.05, 3.63) is 166 Å². The van der Waals surface area contributed by atoms with Gasteiger partial charge in [0.15, 0.2) is 0 Å². The summed E-state index contributed by atoms with van der Waals surface area (Å²) >= 11 is 11.9. The van der Waals surface area contributed by atoms with E-state index in [1.807, 2.05) is 0 Å². The Labute approximate surface area is 385 Å². The number of carbonyl (C=O) groups is 4. The lowest BCUT2D eigenvalue weighted by Gasteiger charge is -2.13. The number of hydrogen-bond donors (Lipinski definition) is 5. The second-order valence-corrected chi connectivity index (χ2v) is 18.1. The molecule has 20 heteroatoms. The van der Waals surface area contributed by atoms with E-state index in [1.54, 1.807) is 99.0 Å². The number of sulfonamides is 2. The van der Waals surface area contributed by atoms with Crippen LogP contribution in [0.5, 0.6) is 23.0 Å². The van der Waals surface area contributed by atoms with Gasteiger partial charge in [-0.25, -0.2) is 27.1 Å². The van der Waals surface area contributed by atoms with Crippen LogP contribution < -0.4 is 35.7 Å². The van der Waals surface area contributed by atoms with Crippen molar-refractivity contribution in [2.45, 2.75) is 22.6 Å². The van der Waals surface area contributed by atoms with Crippen molar-refractivity contribution < 1.29 is 45.5 Å². The SMILES string of the molecule is CN(C)C(=O)c1cccc(CC(=O)Nc2ccc(Oc3cccc(Cl)c3)c(S(N)(=O)=O)c2)c1.CNC(=O)c1cccc(CC(=O)Nc2ccc(Oc3cccc(Cl)c3)c(S(N)(=O)=O)c2)c1. The Morgan fingerprint density at radius 2 is 0.985 bits per heavy atom. The van der Waals surface area contributed by atoms with E-state index in [-0.39, 0.29) is 57.3 Å². The number of nitrogens with two attached hydrogens (primary N) is 2. The minimum atomic E-state index is -4.16. The van der Waals surface area contributed by atoms with E-state index in [0.29, 0.717) is 43.8 Å². The maximum atomic E-state index is 12.5. The maximum Gasteiger partial charge on any atom is 0.253 e. The first-order valence-corrected chi connectivity index (χ1v) is 22.9. The summed E-state index contributed by atoms with van der Waals surface area (Å²) in [5.41, 5.74) is 2.59. The molecule has 338 valence electrons. The molecule has 0 spiro atoms. The number of rotatable bonds is 14. The predicted octanol–water partition coefficient (Wildman–Crippen LogP) is 6.98. The molecule has 16 nitrogen and oxygen atoms in total. The number of ether oxygens (including phenoxy) is 2. The van der Waals surface area contributed by atoms with Crippen LogP contribution >= 0.6 is 23.2 Å². The van der Waals surface area contributed by atoms with Gasteiger partial charge in [-0.2, -0.15) is 0 Å². The molecule has 6 aromatic carbocycles. The summed E-state index contributed by atoms with van der Waals surface area (Å²) in [5.74, 6) is -0.591. The van der Waals surface area contributed by atoms with Crippen LogP contribution in [0.25, 0.3) is 0 Å². The molecule has 0 heterocycles. The minimum absolute atomic E-state index is 0.00679. The van der Waals surface area contributed by atoms with Crippen molar-refractivity contribution in [1.82, 2.24) is 10.2 Å². The van der Waals surface area contributed by atoms with Crippen LogP contribution in [0.15, 0.2) is 143 Å². The molecule has 0 bridgehead atoms. The minimum Gasteiger partial charge on any atom is -0.456 e. The molecule has 0 fully saturated rings. The Morgan fingerprint density at radius 1 is 0.569 bits per heavy atom. The van der Waals surface area contributed by atoms with Gasteiger partial charge >= 0.3 is 0 Å². The third-order valence-electron chi connectivity index (χ3n) is 8.84. The Morgan fingerprint density at radius 3 is 1.38 bits per heavy atom. The molecule has 0 radical (unpaired) electrons. The van der Waals surface area contributed by atoms with Crippen LogP contribution in [0, 0.1) is 0 Å². The van der Waals surface area contributed by atoms with Gasteiger partial charge in [-0.3, -0.25) is 19.2 Å². The maximum absolute atomic E-state index is 12.5. The fourth-order valence-corrected chi connectivity index (χ4v) is 7.64. The van der Waals surface area contributed by atoms with Crippen molar-refractivity contribution in [3.8, 4) is 23.0 Å². The third kappa shape index (κ3) is 14.6. The summed E-state index contributed by atoms with van der Waals surface area (Å²) < 4.78 is 59.7. The smallest absolute Gasteiger partial charge is 0.253 e. The van der Waals surface area contributed by atoms with Gasteiger partial charge in [0.2, 0.25) is 31.9 Å². The average molecular weight is 962 g/mol. The molecule has 6 aromatic rings. The molecule has 0 aliphatic rings. The zero-order valence-electron chi connectivity index (χ0n) is 34.9. The number of primary sulfonamides is 2. The number of nitrogens with zero attached hydrogens (tertiary/aromatic N) is 1. The van der Waals surface area contributed by atoms with Gasteiger partial charge in [-0.05, 0) is 108 Å². The van der Waals surface area contributed by atoms with Crippen molar-refractivity contribution in [1.29, 1.82) is 0 Å². The molecule has 6 rings (SSSR count). The summed E-state index contributed by atoms with van der Waals surface area (Å²) in [6, 6.07) is 34.5. The van der Waals surface area contributed by atoms with E-state index < -0.39 is 31.9 Å². The molecule has 0 atom stereocenters. The number of benzene rings is 6. The van der Waals surface area contributed by atoms with Crippen LogP contribution in [-0.4, -0.2) is 66.5 Å². The lowest BCUT2D eigenvalue weighted by Crippen LogP contribution is -2.22. The summed E-state index contributed by atoms with van der Waals surface area (Å²) in [4.78, 5) is 49.7. The fourth-order valence-electron chi connectivity index (χ4n) is 5.92. The first-order valence-electron chi connectivity index (χ1n) is 19.1. The molecule has 0 saturated heterocycles. The van der Waals surface area contributed by atoms with E-state index in [9.17, 15) is 36.0 Å². The normalized spacial score (nSPS) is 11.0. The summed E-state index contributed by atoms with van der Waals surface area (Å²) in [5, 5.41) is 19.3. The molecule has 0 aliphatic heterocycles. The number of anilines is 2. The second kappa shape index (κ2) is 21.7. The van der Waals surface area contributed by atoms with Crippen LogP contribution in [0.3, 0.4) is 0 Å². The van der Waals surface area contributed by atoms with Gasteiger partial charge in [0.05, 0.1) is 12.8 Å². The number of halogens is 2. The van der Waals surface area contributed by atoms with Gasteiger partial charge in [-0.1, -0.05) is 59.6 Å². The number of carbonyl (C=O) groups excluding carboxylic acids is 4. The lowest BCUT2D eigenvalue weighted by atomic mass is 10.1. The van der Waals surface area contributed by atoms with Crippen molar-refractivity contribution in [3.63, 3.8) is 0 Å². The highest BCUT2D eigenvalue weighted by molar-refractivity contribution is 7.89. The molecule has 0 aliphatic carbocycles. The average Bonchev–Trinajstić information content (AvgIpc) is 3.24. The first-order chi connectivity index (χ1) is 30.7. The van der Waals surface area contributed by atoms with Crippen molar-refractivity contribution in [2.75, 3.05) is 31.8 Å². The summed E-state index contributed by atoms with van der Waals surface area (Å²) in [6.45, 7) is 0. The lowest BCUT2D eigenvalue weighted by molar-refractivity contribution is -0.116. The van der Waals surface area contributed by atoms with Gasteiger partial charge < -0.3 is 30.3 Å². The quantitative estimate of drug-likeness (QED) is 0.0749. The highest BCUT2D eigenvalue weighted by atomic mass is 35.5. The molecule has 0 aromatic heterocycles. The van der Waals surface area contributed by atoms with Crippen LogP contribution in [0.1, 0.15) is 31.8 Å². The molecule has 7 N–H and O–H groups in total. The Bertz CT molecular complexity index is 2990. The van der Waals surface area contributed by atoms with E-state index in [2.05, 4.69) is 16.0 Å². The Hall–Kier alpha value is -6.80. The second-order valence-electron chi connectivity index (χ2n) is 14.2. The van der Waals surface area contributed by atoms with Gasteiger partial charge in [0, 0.05) is 53.7 Å². The first kappa shape index (κ1) is 49.2. The number of amides is 4. The number of nitrogens with one attached hydrogen (secondary N) is 3. The third-order valence-corrected chi connectivity index (χ3v) is 11.2. The van der Waals surface area contributed by atoms with Crippen LogP contribution in [0.2, 0.25) is 10.0 Å². The van der Waals surface area contributed by atoms with Crippen LogP contribution in [-0.2, 0) is 42.5 Å². The largest absolute Gasteiger partial charge is 0.456 e. The van der Waals surface area contributed by atoms with Gasteiger partial charge in [-0.15, -0.1) is 0 Å². The molecular weight excluding hydrogens is 920 g/mol. The van der Waals surface area contributed by atoms with E-state index in [4.69, 9.17) is 43.0 Å². The predicted molar refractivity (Wildman–Crippen MR) is 248 cm³/mol.